The molecule has 3 saturated carbocycles. The highest BCUT2D eigenvalue weighted by molar-refractivity contribution is 5.95. The predicted octanol–water partition coefficient (Wildman–Crippen LogP) is 7.36. The standard InChI is InChI=1S/C39H53N5O4/c1-27-22-32(14-19-37(27)47-4)29-10-8-28(9-11-29)25-43(35-7-5-6-31(23-35)33-24-41-44(26-33)34-15-16-34)38(45)30-12-17-36(18-13-30)48-39(46)40-20-21-42(2)3/h5-7,14,19,22-24,26,28-30,34,36H,8-13,15-18,20-21,25H2,1-4H3,(H,40,46)/t28-,29-,30-,36-. The Labute approximate surface area is 286 Å². The molecule has 2 aromatic carbocycles. The summed E-state index contributed by atoms with van der Waals surface area (Å²) in [6.45, 7) is 4.15. The van der Waals surface area contributed by atoms with Crippen molar-refractivity contribution < 1.29 is 19.1 Å². The third-order valence-corrected chi connectivity index (χ3v) is 10.6. The fraction of sp³-hybridized carbons (Fsp3) is 0.564. The number of hydrogen-bond acceptors (Lipinski definition) is 6. The maximum Gasteiger partial charge on any atom is 0.407 e. The number of amides is 2. The van der Waals surface area contributed by atoms with E-state index in [1.165, 1.54) is 24.0 Å². The van der Waals surface area contributed by atoms with Gasteiger partial charge in [0.25, 0.3) is 0 Å². The largest absolute Gasteiger partial charge is 0.496 e. The summed E-state index contributed by atoms with van der Waals surface area (Å²) >= 11 is 0. The zero-order chi connectivity index (χ0) is 33.6. The summed E-state index contributed by atoms with van der Waals surface area (Å²) in [7, 11) is 5.67. The van der Waals surface area contributed by atoms with E-state index in [1.807, 2.05) is 25.2 Å². The van der Waals surface area contributed by atoms with Gasteiger partial charge in [0.2, 0.25) is 5.91 Å². The summed E-state index contributed by atoms with van der Waals surface area (Å²) in [5.41, 5.74) is 5.72. The molecule has 9 heteroatoms. The van der Waals surface area contributed by atoms with E-state index in [0.29, 0.717) is 37.3 Å². The van der Waals surface area contributed by atoms with Crippen LogP contribution in [-0.4, -0.2) is 73.6 Å². The summed E-state index contributed by atoms with van der Waals surface area (Å²) < 4.78 is 13.3. The van der Waals surface area contributed by atoms with Gasteiger partial charge in [0.15, 0.2) is 0 Å². The number of carbonyl (C=O) groups excluding carboxylic acids is 2. The van der Waals surface area contributed by atoms with Crippen LogP contribution in [0, 0.1) is 18.8 Å². The molecule has 0 radical (unpaired) electrons. The quantitative estimate of drug-likeness (QED) is 0.220. The number of aromatic nitrogens is 2. The number of anilines is 1. The fourth-order valence-corrected chi connectivity index (χ4v) is 7.52. The summed E-state index contributed by atoms with van der Waals surface area (Å²) in [5.74, 6) is 2.03. The van der Waals surface area contributed by atoms with Crippen LogP contribution in [0.1, 0.15) is 87.3 Å². The van der Waals surface area contributed by atoms with Crippen LogP contribution >= 0.6 is 0 Å². The van der Waals surface area contributed by atoms with E-state index in [-0.39, 0.29) is 24.0 Å². The third-order valence-electron chi connectivity index (χ3n) is 10.6. The maximum absolute atomic E-state index is 14.4. The Morgan fingerprint density at radius 3 is 2.40 bits per heavy atom. The topological polar surface area (TPSA) is 88.9 Å². The number of benzene rings is 2. The first kappa shape index (κ1) is 34.0. The summed E-state index contributed by atoms with van der Waals surface area (Å²) in [4.78, 5) is 30.8. The van der Waals surface area contributed by atoms with Gasteiger partial charge in [-0.3, -0.25) is 9.48 Å². The molecule has 48 heavy (non-hydrogen) atoms. The molecule has 0 aliphatic heterocycles. The fourth-order valence-electron chi connectivity index (χ4n) is 7.52. The minimum absolute atomic E-state index is 0.0819. The number of nitrogens with zero attached hydrogens (tertiary/aromatic N) is 4. The lowest BCUT2D eigenvalue weighted by molar-refractivity contribution is -0.124. The second-order valence-corrected chi connectivity index (χ2v) is 14.5. The Balaban J connectivity index is 1.13. The van der Waals surface area contributed by atoms with Crippen molar-refractivity contribution in [2.24, 2.45) is 11.8 Å². The van der Waals surface area contributed by atoms with Crippen LogP contribution in [0.4, 0.5) is 10.5 Å². The zero-order valence-corrected chi connectivity index (χ0v) is 29.2. The van der Waals surface area contributed by atoms with Crippen molar-refractivity contribution in [1.82, 2.24) is 20.0 Å². The number of alkyl carbamates (subject to hydrolysis) is 1. The van der Waals surface area contributed by atoms with Gasteiger partial charge in [0.05, 0.1) is 19.3 Å². The average Bonchev–Trinajstić information content (AvgIpc) is 3.83. The molecule has 258 valence electrons. The highest BCUT2D eigenvalue weighted by Crippen LogP contribution is 2.40. The smallest absolute Gasteiger partial charge is 0.407 e. The number of nitrogens with one attached hydrogen (secondary N) is 1. The molecule has 0 spiro atoms. The summed E-state index contributed by atoms with van der Waals surface area (Å²) in [5, 5.41) is 7.46. The van der Waals surface area contributed by atoms with Crippen LogP contribution in [0.2, 0.25) is 0 Å². The highest BCUT2D eigenvalue weighted by Gasteiger charge is 2.34. The lowest BCUT2D eigenvalue weighted by atomic mass is 9.78. The molecule has 1 heterocycles. The molecule has 1 N–H and O–H groups in total. The number of carbonyl (C=O) groups is 2. The Morgan fingerprint density at radius 1 is 0.938 bits per heavy atom. The van der Waals surface area contributed by atoms with Crippen LogP contribution in [0.25, 0.3) is 11.1 Å². The van der Waals surface area contributed by atoms with E-state index in [1.54, 1.807) is 7.11 Å². The van der Waals surface area contributed by atoms with Crippen LogP contribution in [0.3, 0.4) is 0 Å². The van der Waals surface area contributed by atoms with Gasteiger partial charge >= 0.3 is 6.09 Å². The van der Waals surface area contributed by atoms with Gasteiger partial charge in [0, 0.05) is 43.0 Å². The predicted molar refractivity (Wildman–Crippen MR) is 190 cm³/mol. The van der Waals surface area contributed by atoms with Crippen molar-refractivity contribution >= 4 is 17.7 Å². The minimum Gasteiger partial charge on any atom is -0.496 e. The number of rotatable bonds is 12. The average molecular weight is 656 g/mol. The molecule has 3 aliphatic rings. The van der Waals surface area contributed by atoms with Crippen LogP contribution < -0.4 is 15.0 Å². The number of methoxy groups -OCH3 is 1. The summed E-state index contributed by atoms with van der Waals surface area (Å²) in [6.07, 6.45) is 13.3. The number of likely N-dealkylation sites (N-methyl/N-ethyl adjacent to an activating group) is 1. The van der Waals surface area contributed by atoms with Gasteiger partial charge in [-0.25, -0.2) is 4.79 Å². The third kappa shape index (κ3) is 8.59. The maximum atomic E-state index is 14.4. The van der Waals surface area contributed by atoms with Crippen molar-refractivity contribution in [3.8, 4) is 16.9 Å². The first-order chi connectivity index (χ1) is 23.3. The molecule has 2 amide bonds. The first-order valence-electron chi connectivity index (χ1n) is 18.0. The van der Waals surface area contributed by atoms with Crippen molar-refractivity contribution in [3.63, 3.8) is 0 Å². The van der Waals surface area contributed by atoms with Gasteiger partial charge in [-0.05, 0) is 132 Å². The molecule has 1 aromatic heterocycles. The van der Waals surface area contributed by atoms with Gasteiger partial charge in [-0.1, -0.05) is 24.3 Å². The zero-order valence-electron chi connectivity index (χ0n) is 29.2. The van der Waals surface area contributed by atoms with E-state index >= 15 is 0 Å². The van der Waals surface area contributed by atoms with Crippen molar-refractivity contribution in [3.05, 3.63) is 66.0 Å². The SMILES string of the molecule is COc1ccc([C@H]2CC[C@H](CN(c3cccc(-c4cnn(C5CC5)c4)c3)C(=O)[C@H]3CC[C@H](OC(=O)NCCN(C)C)CC3)CC2)cc1C. The van der Waals surface area contributed by atoms with E-state index in [0.717, 1.165) is 74.2 Å². The molecule has 0 atom stereocenters. The van der Waals surface area contributed by atoms with E-state index in [4.69, 9.17) is 9.47 Å². The van der Waals surface area contributed by atoms with Crippen molar-refractivity contribution in [2.45, 2.75) is 89.2 Å². The second-order valence-electron chi connectivity index (χ2n) is 14.5. The molecule has 0 bridgehead atoms. The van der Waals surface area contributed by atoms with Gasteiger partial charge in [-0.15, -0.1) is 0 Å². The normalized spacial score (nSPS) is 22.7. The van der Waals surface area contributed by atoms with Crippen molar-refractivity contribution in [2.75, 3.05) is 45.7 Å². The first-order valence-corrected chi connectivity index (χ1v) is 18.0. The lowest BCUT2D eigenvalue weighted by Crippen LogP contribution is -2.42. The van der Waals surface area contributed by atoms with Crippen LogP contribution in [-0.2, 0) is 9.53 Å². The molecule has 0 saturated heterocycles. The molecule has 6 rings (SSSR count). The second kappa shape index (κ2) is 15.6. The Hall–Kier alpha value is -3.85. The van der Waals surface area contributed by atoms with Gasteiger partial charge in [0.1, 0.15) is 11.9 Å². The number of hydrogen-bond donors (Lipinski definition) is 1. The molecular weight excluding hydrogens is 602 g/mol. The van der Waals surface area contributed by atoms with Crippen molar-refractivity contribution in [1.29, 1.82) is 0 Å². The number of ether oxygens (including phenoxy) is 2. The molecular formula is C39H53N5O4. The van der Waals surface area contributed by atoms with Crippen LogP contribution in [0.15, 0.2) is 54.9 Å². The molecule has 0 unspecified atom stereocenters. The number of aryl methyl sites for hydroxylation is 1. The van der Waals surface area contributed by atoms with Gasteiger partial charge < -0.3 is 24.6 Å². The lowest BCUT2D eigenvalue weighted by Gasteiger charge is -2.36. The molecule has 3 aliphatic carbocycles. The van der Waals surface area contributed by atoms with Crippen LogP contribution in [0.5, 0.6) is 5.75 Å². The molecule has 3 fully saturated rings. The Kier molecular flexibility index (Phi) is 11.0. The molecule has 9 nitrogen and oxygen atoms in total. The van der Waals surface area contributed by atoms with Gasteiger partial charge in [-0.2, -0.15) is 5.10 Å². The Bertz CT molecular complexity index is 1530. The highest BCUT2D eigenvalue weighted by atomic mass is 16.6. The monoisotopic (exact) mass is 655 g/mol. The van der Waals surface area contributed by atoms with E-state index in [2.05, 4.69) is 75.6 Å². The Morgan fingerprint density at radius 2 is 1.71 bits per heavy atom. The van der Waals surface area contributed by atoms with E-state index in [9.17, 15) is 9.59 Å². The minimum atomic E-state index is -0.365. The molecule has 3 aromatic rings. The van der Waals surface area contributed by atoms with E-state index < -0.39 is 0 Å². The summed E-state index contributed by atoms with van der Waals surface area (Å²) in [6, 6.07) is 15.6.